The number of aromatic carboxylic acids is 1. The molecule has 0 aromatic carbocycles. The maximum Gasteiger partial charge on any atom is 0.336 e. The Morgan fingerprint density at radius 3 is 2.81 bits per heavy atom. The fourth-order valence-corrected chi connectivity index (χ4v) is 3.09. The molecule has 0 atom stereocenters. The van der Waals surface area contributed by atoms with E-state index in [1.165, 1.54) is 5.38 Å². The first-order valence-electron chi connectivity index (χ1n) is 4.40. The zero-order chi connectivity index (χ0) is 12.2. The molecule has 0 aliphatic rings. The monoisotopic (exact) mass is 261 g/mol. The lowest BCUT2D eigenvalue weighted by atomic mass is 10.4. The lowest BCUT2D eigenvalue weighted by Crippen LogP contribution is -2.22. The molecular weight excluding hydrogens is 250 g/mol. The Kier molecular flexibility index (Phi) is 4.22. The van der Waals surface area contributed by atoms with Crippen molar-refractivity contribution >= 4 is 27.3 Å². The molecule has 0 radical (unpaired) electrons. The van der Waals surface area contributed by atoms with E-state index in [1.807, 2.05) is 0 Å². The van der Waals surface area contributed by atoms with E-state index in [0.717, 1.165) is 17.4 Å². The number of sulfonamides is 1. The minimum absolute atomic E-state index is 0.00871. The van der Waals surface area contributed by atoms with Crippen LogP contribution in [0.2, 0.25) is 0 Å². The number of nitrogens with one attached hydrogen (secondary N) is 1. The third kappa shape index (κ3) is 3.16. The summed E-state index contributed by atoms with van der Waals surface area (Å²) in [5.41, 5.74) is -0.0172. The quantitative estimate of drug-likeness (QED) is 0.783. The molecule has 1 aromatic rings. The molecule has 1 aromatic heterocycles. The van der Waals surface area contributed by atoms with E-state index in [2.05, 4.69) is 4.72 Å². The smallest absolute Gasteiger partial charge is 0.336 e. The highest BCUT2D eigenvalue weighted by Crippen LogP contribution is 2.19. The molecule has 0 bridgehead atoms. The summed E-state index contributed by atoms with van der Waals surface area (Å²) < 4.78 is 25.6. The van der Waals surface area contributed by atoms with Crippen LogP contribution in [-0.2, 0) is 10.0 Å². The third-order valence-electron chi connectivity index (χ3n) is 1.71. The molecule has 0 saturated heterocycles. The number of allylic oxidation sites excluding steroid dienone is 1. The van der Waals surface area contributed by atoms with Gasteiger partial charge in [0.25, 0.3) is 0 Å². The minimum Gasteiger partial charge on any atom is -0.478 e. The minimum atomic E-state index is -3.59. The van der Waals surface area contributed by atoms with E-state index in [1.54, 1.807) is 19.1 Å². The number of hydrogen-bond donors (Lipinski definition) is 2. The highest BCUT2D eigenvalue weighted by atomic mass is 32.2. The van der Waals surface area contributed by atoms with Crippen LogP contribution in [-0.4, -0.2) is 26.0 Å². The van der Waals surface area contributed by atoms with Gasteiger partial charge in [-0.3, -0.25) is 0 Å². The molecular formula is C9H11NO4S2. The molecule has 88 valence electrons. The molecule has 0 unspecified atom stereocenters. The Morgan fingerprint density at radius 1 is 1.62 bits per heavy atom. The van der Waals surface area contributed by atoms with Crippen LogP contribution in [0.15, 0.2) is 27.8 Å². The van der Waals surface area contributed by atoms with Crippen molar-refractivity contribution in [3.05, 3.63) is 29.2 Å². The Balaban J connectivity index is 2.86. The molecule has 0 aliphatic heterocycles. The third-order valence-corrected chi connectivity index (χ3v) is 4.58. The van der Waals surface area contributed by atoms with Gasteiger partial charge >= 0.3 is 5.97 Å². The second-order valence-corrected chi connectivity index (χ2v) is 5.79. The molecule has 1 heterocycles. The molecule has 0 spiro atoms. The molecule has 0 fully saturated rings. The largest absolute Gasteiger partial charge is 0.478 e. The first-order chi connectivity index (χ1) is 7.47. The van der Waals surface area contributed by atoms with Crippen LogP contribution >= 0.6 is 11.3 Å². The van der Waals surface area contributed by atoms with Gasteiger partial charge in [0.05, 0.1) is 5.56 Å². The van der Waals surface area contributed by atoms with E-state index in [0.29, 0.717) is 0 Å². The van der Waals surface area contributed by atoms with Crippen molar-refractivity contribution < 1.29 is 18.3 Å². The summed E-state index contributed by atoms with van der Waals surface area (Å²) in [6, 6.07) is 1.14. The van der Waals surface area contributed by atoms with Gasteiger partial charge < -0.3 is 5.11 Å². The summed E-state index contributed by atoms with van der Waals surface area (Å²) in [5, 5.41) is 9.96. The number of carboxylic acids is 1. The van der Waals surface area contributed by atoms with E-state index < -0.39 is 16.0 Å². The predicted octanol–water partition coefficient (Wildman–Crippen LogP) is 1.30. The summed E-state index contributed by atoms with van der Waals surface area (Å²) in [7, 11) is -3.59. The second-order valence-electron chi connectivity index (χ2n) is 2.88. The first-order valence-corrected chi connectivity index (χ1v) is 6.76. The summed E-state index contributed by atoms with van der Waals surface area (Å²) in [6.07, 6.45) is 3.38. The van der Waals surface area contributed by atoms with Crippen LogP contribution in [0, 0.1) is 0 Å². The summed E-state index contributed by atoms with van der Waals surface area (Å²) >= 11 is 0.887. The zero-order valence-corrected chi connectivity index (χ0v) is 10.1. The van der Waals surface area contributed by atoms with Crippen molar-refractivity contribution in [1.29, 1.82) is 0 Å². The van der Waals surface area contributed by atoms with Gasteiger partial charge in [-0.15, -0.1) is 11.3 Å². The highest BCUT2D eigenvalue weighted by Gasteiger charge is 2.17. The van der Waals surface area contributed by atoms with Crippen molar-refractivity contribution in [2.75, 3.05) is 6.54 Å². The van der Waals surface area contributed by atoms with Gasteiger partial charge in [0.15, 0.2) is 0 Å². The van der Waals surface area contributed by atoms with Gasteiger partial charge in [0.2, 0.25) is 10.0 Å². The molecule has 0 amide bonds. The van der Waals surface area contributed by atoms with Crippen molar-refractivity contribution in [2.24, 2.45) is 0 Å². The highest BCUT2D eigenvalue weighted by molar-refractivity contribution is 7.91. The normalized spacial score (nSPS) is 12.1. The molecule has 5 nitrogen and oxygen atoms in total. The molecule has 0 saturated carbocycles. The van der Waals surface area contributed by atoms with Gasteiger partial charge in [-0.1, -0.05) is 12.2 Å². The van der Waals surface area contributed by atoms with Gasteiger partial charge in [-0.05, 0) is 13.0 Å². The maximum absolute atomic E-state index is 11.6. The van der Waals surface area contributed by atoms with E-state index in [4.69, 9.17) is 5.11 Å². The Labute approximate surface area is 97.5 Å². The summed E-state index contributed by atoms with van der Waals surface area (Å²) in [5.74, 6) is -1.13. The lowest BCUT2D eigenvalue weighted by molar-refractivity contribution is 0.0697. The topological polar surface area (TPSA) is 83.5 Å². The van der Waals surface area contributed by atoms with Crippen molar-refractivity contribution in [2.45, 2.75) is 11.1 Å². The standard InChI is InChI=1S/C9H11NO4S2/c1-2-3-4-10-16(13,14)8-5-7(6-15-8)9(11)12/h2-3,5-6,10H,4H2,1H3,(H,11,12)/b3-2+. The number of rotatable bonds is 5. The zero-order valence-electron chi connectivity index (χ0n) is 8.50. The van der Waals surface area contributed by atoms with Crippen LogP contribution in [0.5, 0.6) is 0 Å². The predicted molar refractivity (Wildman–Crippen MR) is 61.3 cm³/mol. The van der Waals surface area contributed by atoms with Crippen LogP contribution in [0.3, 0.4) is 0 Å². The van der Waals surface area contributed by atoms with E-state index in [9.17, 15) is 13.2 Å². The van der Waals surface area contributed by atoms with E-state index >= 15 is 0 Å². The number of hydrogen-bond acceptors (Lipinski definition) is 4. The fraction of sp³-hybridized carbons (Fsp3) is 0.222. The Hall–Kier alpha value is -1.18. The molecule has 2 N–H and O–H groups in total. The Bertz CT molecular complexity index is 501. The van der Waals surface area contributed by atoms with Crippen LogP contribution < -0.4 is 4.72 Å². The molecule has 16 heavy (non-hydrogen) atoms. The maximum atomic E-state index is 11.6. The van der Waals surface area contributed by atoms with E-state index in [-0.39, 0.29) is 16.3 Å². The van der Waals surface area contributed by atoms with Gasteiger partial charge in [-0.2, -0.15) is 0 Å². The summed E-state index contributed by atoms with van der Waals surface area (Å²) in [6.45, 7) is 1.97. The van der Waals surface area contributed by atoms with Gasteiger partial charge in [0, 0.05) is 11.9 Å². The SMILES string of the molecule is C/C=C/CNS(=O)(=O)c1cc(C(=O)O)cs1. The molecule has 0 aliphatic carbocycles. The second kappa shape index (κ2) is 5.24. The van der Waals surface area contributed by atoms with Crippen LogP contribution in [0.4, 0.5) is 0 Å². The number of carboxylic acid groups (broad SMARTS) is 1. The lowest BCUT2D eigenvalue weighted by Gasteiger charge is -2.00. The molecule has 7 heteroatoms. The number of carbonyl (C=O) groups is 1. The fourth-order valence-electron chi connectivity index (χ4n) is 0.916. The molecule has 1 rings (SSSR count). The van der Waals surface area contributed by atoms with Gasteiger partial charge in [0.1, 0.15) is 4.21 Å². The average Bonchev–Trinajstić information content (AvgIpc) is 2.67. The Morgan fingerprint density at radius 2 is 2.31 bits per heavy atom. The van der Waals surface area contributed by atoms with Gasteiger partial charge in [-0.25, -0.2) is 17.9 Å². The summed E-state index contributed by atoms with van der Waals surface area (Å²) in [4.78, 5) is 10.6. The van der Waals surface area contributed by atoms with Crippen molar-refractivity contribution in [1.82, 2.24) is 4.72 Å². The van der Waals surface area contributed by atoms with Crippen LogP contribution in [0.1, 0.15) is 17.3 Å². The average molecular weight is 261 g/mol. The van der Waals surface area contributed by atoms with Crippen molar-refractivity contribution in [3.8, 4) is 0 Å². The number of thiophene rings is 1. The van der Waals surface area contributed by atoms with Crippen molar-refractivity contribution in [3.63, 3.8) is 0 Å². The van der Waals surface area contributed by atoms with Crippen LogP contribution in [0.25, 0.3) is 0 Å². The first kappa shape index (κ1) is 12.9.